The zero-order valence-electron chi connectivity index (χ0n) is 9.35. The van der Waals surface area contributed by atoms with Gasteiger partial charge in [0.25, 0.3) is 0 Å². The molecule has 0 fully saturated rings. The van der Waals surface area contributed by atoms with E-state index in [9.17, 15) is 0 Å². The summed E-state index contributed by atoms with van der Waals surface area (Å²) in [6.07, 6.45) is 6.08. The summed E-state index contributed by atoms with van der Waals surface area (Å²) in [4.78, 5) is 0. The molecule has 1 aliphatic rings. The largest absolute Gasteiger partial charge is 0.0652 e. The van der Waals surface area contributed by atoms with Crippen LogP contribution in [0.4, 0.5) is 0 Å². The summed E-state index contributed by atoms with van der Waals surface area (Å²) in [5, 5.41) is 0. The molecule has 0 radical (unpaired) electrons. The van der Waals surface area contributed by atoms with Gasteiger partial charge < -0.3 is 0 Å². The first-order valence-corrected chi connectivity index (χ1v) is 5.50. The van der Waals surface area contributed by atoms with Crippen LogP contribution in [0.1, 0.15) is 42.0 Å². The average Bonchev–Trinajstić information content (AvgIpc) is 2.48. The Morgan fingerprint density at radius 1 is 1.14 bits per heavy atom. The van der Waals surface area contributed by atoms with Crippen molar-refractivity contribution in [3.05, 3.63) is 40.0 Å². The predicted octanol–water partition coefficient (Wildman–Crippen LogP) is 4.04. The number of allylic oxidation sites excluding steroid dienone is 1. The van der Waals surface area contributed by atoms with E-state index in [1.807, 2.05) is 0 Å². The third kappa shape index (κ3) is 1.61. The number of hydrogen-bond acceptors (Lipinski definition) is 0. The molecule has 74 valence electrons. The molecule has 0 N–H and O–H groups in total. The van der Waals surface area contributed by atoms with E-state index in [1.165, 1.54) is 41.5 Å². The minimum absolute atomic E-state index is 1.18. The Morgan fingerprint density at radius 2 is 1.86 bits per heavy atom. The minimum atomic E-state index is 1.18. The molecule has 0 heteroatoms. The highest BCUT2D eigenvalue weighted by Crippen LogP contribution is 2.29. The summed E-state index contributed by atoms with van der Waals surface area (Å²) < 4.78 is 0. The van der Waals surface area contributed by atoms with Gasteiger partial charge in [-0.3, -0.25) is 0 Å². The van der Waals surface area contributed by atoms with Crippen LogP contribution in [0.25, 0.3) is 6.08 Å². The standard InChI is InChI=1S/C14H18/c1-4-5-12-8-13-6-10(2)11(3)7-14(13)9-12/h6-8H,4-5,9H2,1-3H3. The van der Waals surface area contributed by atoms with Crippen LogP contribution in [0.2, 0.25) is 0 Å². The van der Waals surface area contributed by atoms with Crippen LogP contribution in [-0.2, 0) is 6.42 Å². The lowest BCUT2D eigenvalue weighted by Crippen LogP contribution is -1.88. The smallest absolute Gasteiger partial charge is 0.00577 e. The van der Waals surface area contributed by atoms with Crippen LogP contribution >= 0.6 is 0 Å². The lowest BCUT2D eigenvalue weighted by Gasteiger charge is -2.04. The predicted molar refractivity (Wildman–Crippen MR) is 62.5 cm³/mol. The zero-order valence-corrected chi connectivity index (χ0v) is 9.35. The number of aryl methyl sites for hydroxylation is 2. The van der Waals surface area contributed by atoms with E-state index < -0.39 is 0 Å². The first-order chi connectivity index (χ1) is 6.70. The Balaban J connectivity index is 2.32. The molecule has 0 bridgehead atoms. The van der Waals surface area contributed by atoms with Gasteiger partial charge in [0.05, 0.1) is 0 Å². The van der Waals surface area contributed by atoms with Crippen LogP contribution < -0.4 is 0 Å². The second-order valence-electron chi connectivity index (χ2n) is 4.36. The molecule has 0 spiro atoms. The van der Waals surface area contributed by atoms with Gasteiger partial charge in [-0.15, -0.1) is 0 Å². The number of fused-ring (bicyclic) bond motifs is 1. The van der Waals surface area contributed by atoms with Gasteiger partial charge in [-0.05, 0) is 48.9 Å². The SMILES string of the molecule is CCCC1=Cc2cc(C)c(C)cc2C1. The fourth-order valence-electron chi connectivity index (χ4n) is 2.18. The lowest BCUT2D eigenvalue weighted by molar-refractivity contribution is 0.886. The Bertz CT molecular complexity index is 383. The first kappa shape index (κ1) is 9.51. The van der Waals surface area contributed by atoms with E-state index in [1.54, 1.807) is 5.57 Å². The summed E-state index contributed by atoms with van der Waals surface area (Å²) in [6, 6.07) is 4.68. The Labute approximate surface area is 86.7 Å². The summed E-state index contributed by atoms with van der Waals surface area (Å²) >= 11 is 0. The van der Waals surface area contributed by atoms with E-state index in [2.05, 4.69) is 39.0 Å². The second kappa shape index (κ2) is 3.61. The van der Waals surface area contributed by atoms with Gasteiger partial charge in [0, 0.05) is 0 Å². The quantitative estimate of drug-likeness (QED) is 0.654. The van der Waals surface area contributed by atoms with Crippen LogP contribution in [0, 0.1) is 13.8 Å². The van der Waals surface area contributed by atoms with Crippen LogP contribution in [-0.4, -0.2) is 0 Å². The third-order valence-electron chi connectivity index (χ3n) is 3.10. The van der Waals surface area contributed by atoms with Crippen molar-refractivity contribution >= 4 is 6.08 Å². The van der Waals surface area contributed by atoms with Gasteiger partial charge in [-0.25, -0.2) is 0 Å². The van der Waals surface area contributed by atoms with Gasteiger partial charge in [-0.2, -0.15) is 0 Å². The molecule has 0 aliphatic heterocycles. The summed E-state index contributed by atoms with van der Waals surface area (Å²) in [5.41, 5.74) is 7.42. The monoisotopic (exact) mass is 186 g/mol. The average molecular weight is 186 g/mol. The normalized spacial score (nSPS) is 14.1. The summed E-state index contributed by atoms with van der Waals surface area (Å²) in [7, 11) is 0. The molecule has 0 heterocycles. The van der Waals surface area contributed by atoms with Gasteiger partial charge in [0.1, 0.15) is 0 Å². The molecule has 0 aromatic heterocycles. The van der Waals surface area contributed by atoms with Crippen molar-refractivity contribution in [3.63, 3.8) is 0 Å². The van der Waals surface area contributed by atoms with Crippen LogP contribution in [0.15, 0.2) is 17.7 Å². The number of rotatable bonds is 2. The third-order valence-corrected chi connectivity index (χ3v) is 3.10. The molecular weight excluding hydrogens is 168 g/mol. The topological polar surface area (TPSA) is 0 Å². The zero-order chi connectivity index (χ0) is 10.1. The summed E-state index contributed by atoms with van der Waals surface area (Å²) in [6.45, 7) is 6.65. The molecule has 2 rings (SSSR count). The maximum atomic E-state index is 2.38. The van der Waals surface area contributed by atoms with Gasteiger partial charge >= 0.3 is 0 Å². The molecule has 0 saturated heterocycles. The molecule has 1 aromatic carbocycles. The molecule has 0 saturated carbocycles. The molecule has 1 aromatic rings. The molecular formula is C14H18. The van der Waals surface area contributed by atoms with Gasteiger partial charge in [0.15, 0.2) is 0 Å². The van der Waals surface area contributed by atoms with Crippen LogP contribution in [0.5, 0.6) is 0 Å². The highest BCUT2D eigenvalue weighted by molar-refractivity contribution is 5.65. The summed E-state index contributed by atoms with van der Waals surface area (Å²) in [5.74, 6) is 0. The van der Waals surface area contributed by atoms with E-state index in [-0.39, 0.29) is 0 Å². The van der Waals surface area contributed by atoms with Crippen molar-refractivity contribution in [3.8, 4) is 0 Å². The van der Waals surface area contributed by atoms with Crippen molar-refractivity contribution in [2.45, 2.75) is 40.0 Å². The highest BCUT2D eigenvalue weighted by Gasteiger charge is 2.12. The Morgan fingerprint density at radius 3 is 2.57 bits per heavy atom. The molecule has 0 atom stereocenters. The molecule has 0 nitrogen and oxygen atoms in total. The number of benzene rings is 1. The lowest BCUT2D eigenvalue weighted by atomic mass is 10.0. The van der Waals surface area contributed by atoms with Gasteiger partial charge in [0.2, 0.25) is 0 Å². The fourth-order valence-corrected chi connectivity index (χ4v) is 2.18. The minimum Gasteiger partial charge on any atom is -0.0652 e. The molecule has 1 aliphatic carbocycles. The molecule has 14 heavy (non-hydrogen) atoms. The molecule has 0 unspecified atom stereocenters. The number of hydrogen-bond donors (Lipinski definition) is 0. The molecule has 0 amide bonds. The van der Waals surface area contributed by atoms with Crippen molar-refractivity contribution in [2.75, 3.05) is 0 Å². The van der Waals surface area contributed by atoms with Crippen molar-refractivity contribution < 1.29 is 0 Å². The van der Waals surface area contributed by atoms with E-state index in [0.717, 1.165) is 0 Å². The fraction of sp³-hybridized carbons (Fsp3) is 0.429. The first-order valence-electron chi connectivity index (χ1n) is 5.50. The van der Waals surface area contributed by atoms with E-state index >= 15 is 0 Å². The Hall–Kier alpha value is -1.04. The highest BCUT2D eigenvalue weighted by atomic mass is 14.2. The van der Waals surface area contributed by atoms with E-state index in [0.29, 0.717) is 0 Å². The maximum Gasteiger partial charge on any atom is -0.00577 e. The van der Waals surface area contributed by atoms with Crippen LogP contribution in [0.3, 0.4) is 0 Å². The second-order valence-corrected chi connectivity index (χ2v) is 4.36. The maximum absolute atomic E-state index is 2.38. The van der Waals surface area contributed by atoms with Crippen molar-refractivity contribution in [1.82, 2.24) is 0 Å². The van der Waals surface area contributed by atoms with Crippen molar-refractivity contribution in [1.29, 1.82) is 0 Å². The van der Waals surface area contributed by atoms with Crippen molar-refractivity contribution in [2.24, 2.45) is 0 Å². The van der Waals surface area contributed by atoms with Gasteiger partial charge in [-0.1, -0.05) is 37.1 Å². The van der Waals surface area contributed by atoms with E-state index in [4.69, 9.17) is 0 Å². The Kier molecular flexibility index (Phi) is 2.45.